The van der Waals surface area contributed by atoms with Crippen molar-refractivity contribution in [2.24, 2.45) is 11.8 Å². The molecule has 1 aliphatic heterocycles. The smallest absolute Gasteiger partial charge is 0.310 e. The van der Waals surface area contributed by atoms with Crippen LogP contribution in [0.3, 0.4) is 0 Å². The maximum absolute atomic E-state index is 13.9. The maximum atomic E-state index is 13.9. The van der Waals surface area contributed by atoms with Gasteiger partial charge in [-0.15, -0.1) is 0 Å². The summed E-state index contributed by atoms with van der Waals surface area (Å²) in [4.78, 5) is 37.2. The molecule has 9 nitrogen and oxygen atoms in total. The van der Waals surface area contributed by atoms with Gasteiger partial charge in [0.25, 0.3) is 5.91 Å². The minimum absolute atomic E-state index is 0. The Hall–Kier alpha value is -2.94. The molecule has 2 aromatic rings. The fourth-order valence-corrected chi connectivity index (χ4v) is 4.07. The molecule has 9 heteroatoms. The monoisotopic (exact) mass is 487 g/mol. The molecule has 0 spiro atoms. The number of furan rings is 1. The summed E-state index contributed by atoms with van der Waals surface area (Å²) in [7, 11) is 1.40. The van der Waals surface area contributed by atoms with Crippen LogP contribution in [0.25, 0.3) is 0 Å². The molecular weight excluding hydrogens is 446 g/mol. The quantitative estimate of drug-likeness (QED) is 0.540. The lowest BCUT2D eigenvalue weighted by atomic mass is 9.93. The molecule has 35 heavy (non-hydrogen) atoms. The van der Waals surface area contributed by atoms with Gasteiger partial charge in [0.05, 0.1) is 25.8 Å². The molecule has 0 bridgehead atoms. The summed E-state index contributed by atoms with van der Waals surface area (Å²) >= 11 is 0. The summed E-state index contributed by atoms with van der Waals surface area (Å²) in [5.41, 5.74) is 0.127. The lowest BCUT2D eigenvalue weighted by Gasteiger charge is -2.38. The van der Waals surface area contributed by atoms with Gasteiger partial charge in [0.2, 0.25) is 0 Å². The Morgan fingerprint density at radius 3 is 2.66 bits per heavy atom. The molecule has 1 fully saturated rings. The van der Waals surface area contributed by atoms with Gasteiger partial charge >= 0.3 is 5.97 Å². The predicted molar refractivity (Wildman–Crippen MR) is 136 cm³/mol. The fraction of sp³-hybridized carbons (Fsp3) is 0.615. The van der Waals surface area contributed by atoms with E-state index in [1.165, 1.54) is 7.11 Å². The Balaban J connectivity index is 0.00000432. The van der Waals surface area contributed by atoms with Gasteiger partial charge in [-0.25, -0.2) is 9.97 Å². The number of carbonyl (C=O) groups excluding carboxylic acids is 2. The normalized spacial score (nSPS) is 18.0. The average Bonchev–Trinajstić information content (AvgIpc) is 3.33. The number of hydrogen-bond acceptors (Lipinski definition) is 8. The largest absolute Gasteiger partial charge is 0.469 e. The van der Waals surface area contributed by atoms with Crippen LogP contribution in [0.2, 0.25) is 0 Å². The zero-order valence-corrected chi connectivity index (χ0v) is 21.1. The molecule has 3 heterocycles. The van der Waals surface area contributed by atoms with E-state index in [2.05, 4.69) is 29.5 Å². The molecule has 1 saturated heterocycles. The van der Waals surface area contributed by atoms with Gasteiger partial charge in [-0.05, 0) is 24.5 Å². The van der Waals surface area contributed by atoms with Crippen LogP contribution in [0.5, 0.6) is 0 Å². The maximum Gasteiger partial charge on any atom is 0.310 e. The second-order valence-electron chi connectivity index (χ2n) is 10.3. The lowest BCUT2D eigenvalue weighted by molar-refractivity contribution is -0.146. The van der Waals surface area contributed by atoms with Crippen molar-refractivity contribution < 1.29 is 18.7 Å². The van der Waals surface area contributed by atoms with Crippen LogP contribution in [0.15, 0.2) is 29.0 Å². The summed E-state index contributed by atoms with van der Waals surface area (Å²) in [6.45, 7) is 12.4. The van der Waals surface area contributed by atoms with Crippen molar-refractivity contribution in [3.63, 3.8) is 0 Å². The number of nitrogens with one attached hydrogen (secondary N) is 2. The van der Waals surface area contributed by atoms with Gasteiger partial charge in [-0.1, -0.05) is 42.0 Å². The molecule has 2 atom stereocenters. The van der Waals surface area contributed by atoms with Crippen LogP contribution in [-0.2, 0) is 21.5 Å². The van der Waals surface area contributed by atoms with Crippen LogP contribution in [0.1, 0.15) is 70.4 Å². The highest BCUT2D eigenvalue weighted by atomic mass is 16.5. The molecule has 1 amide bonds. The molecule has 0 aliphatic carbocycles. The molecule has 2 aromatic heterocycles. The van der Waals surface area contributed by atoms with Gasteiger partial charge in [0, 0.05) is 37.3 Å². The summed E-state index contributed by atoms with van der Waals surface area (Å²) in [6, 6.07) is 3.54. The first-order chi connectivity index (χ1) is 16.1. The fourth-order valence-electron chi connectivity index (χ4n) is 4.07. The van der Waals surface area contributed by atoms with Crippen molar-refractivity contribution in [2.45, 2.75) is 66.5 Å². The first kappa shape index (κ1) is 28.3. The molecule has 1 aliphatic rings. The van der Waals surface area contributed by atoms with Crippen LogP contribution >= 0.6 is 0 Å². The number of piperidine rings is 1. The van der Waals surface area contributed by atoms with Crippen molar-refractivity contribution in [3.8, 4) is 0 Å². The molecular formula is C26H41N5O4. The van der Waals surface area contributed by atoms with E-state index in [-0.39, 0.29) is 42.6 Å². The predicted octanol–water partition coefficient (Wildman–Crippen LogP) is 3.86. The Labute approximate surface area is 209 Å². The second kappa shape index (κ2) is 12.2. The van der Waals surface area contributed by atoms with E-state index in [9.17, 15) is 9.59 Å². The molecule has 0 aromatic carbocycles. The number of aromatic nitrogens is 2. The Kier molecular flexibility index (Phi) is 9.82. The first-order valence-corrected chi connectivity index (χ1v) is 11.8. The molecule has 0 radical (unpaired) electrons. The third-order valence-corrected chi connectivity index (χ3v) is 5.83. The third kappa shape index (κ3) is 7.27. The summed E-state index contributed by atoms with van der Waals surface area (Å²) in [5.74, 6) is 1.40. The van der Waals surface area contributed by atoms with Gasteiger partial charge < -0.3 is 24.7 Å². The standard InChI is InChI=1S/C25H37N5O4.CH4/c1-16(2)15-30(18-10-17(11-26-12-18)23(32)33-6)22(31)20-14-28-24(25(3,4)5)29-21(20)27-13-19-8-7-9-34-19;/h7-9,14,16-18,26H,10-13,15H2,1-6H3,(H,27,28,29);1H4/t17-,18-;/m0./s1. The number of rotatable bonds is 8. The number of nitrogens with zero attached hydrogens (tertiary/aromatic N) is 3. The van der Waals surface area contributed by atoms with Crippen molar-refractivity contribution in [1.29, 1.82) is 0 Å². The van der Waals surface area contributed by atoms with Crippen LogP contribution in [-0.4, -0.2) is 59.5 Å². The number of hydrogen-bond donors (Lipinski definition) is 2. The Bertz CT molecular complexity index is 969. The minimum Gasteiger partial charge on any atom is -0.469 e. The highest BCUT2D eigenvalue weighted by Gasteiger charge is 2.35. The first-order valence-electron chi connectivity index (χ1n) is 11.8. The van der Waals surface area contributed by atoms with E-state index in [4.69, 9.17) is 14.1 Å². The topological polar surface area (TPSA) is 110 Å². The van der Waals surface area contributed by atoms with Crippen molar-refractivity contribution in [3.05, 3.63) is 41.7 Å². The zero-order valence-electron chi connectivity index (χ0n) is 21.1. The Morgan fingerprint density at radius 2 is 2.06 bits per heavy atom. The number of methoxy groups -OCH3 is 1. The van der Waals surface area contributed by atoms with Crippen molar-refractivity contribution in [2.75, 3.05) is 32.1 Å². The second-order valence-corrected chi connectivity index (χ2v) is 10.3. The number of carbonyl (C=O) groups is 2. The van der Waals surface area contributed by atoms with E-state index >= 15 is 0 Å². The SMILES string of the molecule is C.COC(=O)[C@@H]1CNC[C@@H](N(CC(C)C)C(=O)c2cnc(C(C)(C)C)nc2NCc2ccco2)C1. The molecule has 0 unspecified atom stereocenters. The summed E-state index contributed by atoms with van der Waals surface area (Å²) < 4.78 is 10.4. The van der Waals surface area contributed by atoms with E-state index in [1.807, 2.05) is 37.8 Å². The summed E-state index contributed by atoms with van der Waals surface area (Å²) in [6.07, 6.45) is 3.78. The van der Waals surface area contributed by atoms with E-state index in [0.717, 1.165) is 5.76 Å². The minimum atomic E-state index is -0.290. The summed E-state index contributed by atoms with van der Waals surface area (Å²) in [5, 5.41) is 6.57. The van der Waals surface area contributed by atoms with Gasteiger partial charge in [-0.2, -0.15) is 0 Å². The van der Waals surface area contributed by atoms with Gasteiger partial charge in [0.1, 0.15) is 23.0 Å². The van der Waals surface area contributed by atoms with Gasteiger partial charge in [-0.3, -0.25) is 9.59 Å². The molecule has 2 N–H and O–H groups in total. The van der Waals surface area contributed by atoms with E-state index in [0.29, 0.717) is 49.8 Å². The number of anilines is 1. The van der Waals surface area contributed by atoms with E-state index in [1.54, 1.807) is 12.5 Å². The van der Waals surface area contributed by atoms with Crippen LogP contribution in [0.4, 0.5) is 5.82 Å². The number of esters is 1. The third-order valence-electron chi connectivity index (χ3n) is 5.83. The van der Waals surface area contributed by atoms with Crippen molar-refractivity contribution >= 4 is 17.7 Å². The highest BCUT2D eigenvalue weighted by molar-refractivity contribution is 5.98. The van der Waals surface area contributed by atoms with Crippen molar-refractivity contribution in [1.82, 2.24) is 20.2 Å². The molecule has 3 rings (SSSR count). The van der Waals surface area contributed by atoms with Crippen LogP contribution < -0.4 is 10.6 Å². The van der Waals surface area contributed by atoms with E-state index < -0.39 is 0 Å². The zero-order chi connectivity index (χ0) is 24.9. The lowest BCUT2D eigenvalue weighted by Crippen LogP contribution is -2.53. The average molecular weight is 488 g/mol. The molecule has 0 saturated carbocycles. The number of amides is 1. The Morgan fingerprint density at radius 1 is 1.31 bits per heavy atom. The number of ether oxygens (including phenoxy) is 1. The highest BCUT2D eigenvalue weighted by Crippen LogP contribution is 2.26. The molecule has 194 valence electrons. The van der Waals surface area contributed by atoms with Gasteiger partial charge in [0.15, 0.2) is 0 Å². The van der Waals surface area contributed by atoms with Crippen LogP contribution in [0, 0.1) is 11.8 Å².